The van der Waals surface area contributed by atoms with Gasteiger partial charge in [0.05, 0.1) is 6.54 Å². The van der Waals surface area contributed by atoms with Crippen molar-refractivity contribution in [2.24, 2.45) is 0 Å². The van der Waals surface area contributed by atoms with Crippen LogP contribution in [0.1, 0.15) is 41.5 Å². The monoisotopic (exact) mass is 306 g/mol. The van der Waals surface area contributed by atoms with Crippen LogP contribution in [-0.4, -0.2) is 57.3 Å². The second kappa shape index (κ2) is 6.08. The number of fused-ring (bicyclic) bond motifs is 1. The van der Waals surface area contributed by atoms with Gasteiger partial charge in [-0.25, -0.2) is 4.79 Å². The number of carbonyl (C=O) groups is 2. The Morgan fingerprint density at radius 3 is 3.05 bits per heavy atom. The minimum Gasteiger partial charge on any atom is -0.476 e. The summed E-state index contributed by atoms with van der Waals surface area (Å²) in [7, 11) is 0. The number of carboxylic acids is 1. The van der Waals surface area contributed by atoms with E-state index in [2.05, 4.69) is 15.3 Å². The topological polar surface area (TPSA) is 87.5 Å². The summed E-state index contributed by atoms with van der Waals surface area (Å²) in [5.74, 6) is -0.899. The van der Waals surface area contributed by atoms with Gasteiger partial charge in [-0.3, -0.25) is 14.4 Å². The Kier molecular flexibility index (Phi) is 4.15. The van der Waals surface area contributed by atoms with Crippen molar-refractivity contribution in [3.05, 3.63) is 17.0 Å². The highest BCUT2D eigenvalue weighted by atomic mass is 16.4. The molecule has 7 heteroatoms. The van der Waals surface area contributed by atoms with Crippen LogP contribution in [0.5, 0.6) is 0 Å². The van der Waals surface area contributed by atoms with E-state index in [0.29, 0.717) is 19.5 Å². The van der Waals surface area contributed by atoms with Crippen LogP contribution in [0.2, 0.25) is 0 Å². The lowest BCUT2D eigenvalue weighted by molar-refractivity contribution is -0.122. The predicted octanol–water partition coefficient (Wildman–Crippen LogP) is 0.280. The van der Waals surface area contributed by atoms with Crippen LogP contribution < -0.4 is 5.32 Å². The maximum absolute atomic E-state index is 11.7. The molecule has 1 aliphatic heterocycles. The molecule has 1 amide bonds. The maximum Gasteiger partial charge on any atom is 0.356 e. The average Bonchev–Trinajstić information content (AvgIpc) is 2.74. The molecule has 1 aromatic heterocycles. The molecule has 1 aromatic rings. The first-order valence-corrected chi connectivity index (χ1v) is 7.92. The number of carbonyl (C=O) groups excluding carboxylic acids is 1. The van der Waals surface area contributed by atoms with Gasteiger partial charge in [-0.05, 0) is 32.6 Å². The Labute approximate surface area is 129 Å². The van der Waals surface area contributed by atoms with Crippen LogP contribution in [-0.2, 0) is 24.2 Å². The van der Waals surface area contributed by atoms with Gasteiger partial charge < -0.3 is 10.4 Å². The number of nitrogens with zero attached hydrogens (tertiary/aromatic N) is 3. The van der Waals surface area contributed by atoms with Crippen LogP contribution in [0, 0.1) is 0 Å². The summed E-state index contributed by atoms with van der Waals surface area (Å²) < 4.78 is 1.81. The summed E-state index contributed by atoms with van der Waals surface area (Å²) in [6.07, 6.45) is 3.39. The van der Waals surface area contributed by atoms with Crippen molar-refractivity contribution in [2.75, 3.05) is 19.6 Å². The largest absolute Gasteiger partial charge is 0.476 e. The quantitative estimate of drug-likeness (QED) is 0.837. The zero-order chi connectivity index (χ0) is 15.7. The molecule has 7 nitrogen and oxygen atoms in total. The first-order chi connectivity index (χ1) is 10.6. The Balaban J connectivity index is 1.84. The first kappa shape index (κ1) is 15.0. The van der Waals surface area contributed by atoms with Crippen molar-refractivity contribution >= 4 is 11.9 Å². The highest BCUT2D eigenvalue weighted by molar-refractivity contribution is 5.87. The maximum atomic E-state index is 11.7. The standard InChI is InChI=1S/C15H22N4O3/c1-2-19-12-5-4-10(8-11(12)14(17-19)15(21)22)18-7-3-6-16-13(20)9-18/h10H,2-9H2,1H3,(H,16,20)(H,21,22). The average molecular weight is 306 g/mol. The number of aromatic nitrogens is 2. The molecule has 0 radical (unpaired) electrons. The molecule has 120 valence electrons. The molecule has 2 aliphatic rings. The predicted molar refractivity (Wildman–Crippen MR) is 79.9 cm³/mol. The van der Waals surface area contributed by atoms with Crippen molar-refractivity contribution in [1.29, 1.82) is 0 Å². The summed E-state index contributed by atoms with van der Waals surface area (Å²) in [6.45, 7) is 4.67. The highest BCUT2D eigenvalue weighted by Gasteiger charge is 2.32. The van der Waals surface area contributed by atoms with Crippen LogP contribution in [0.3, 0.4) is 0 Å². The van der Waals surface area contributed by atoms with E-state index in [1.165, 1.54) is 0 Å². The molecular weight excluding hydrogens is 284 g/mol. The second-order valence-corrected chi connectivity index (χ2v) is 5.97. The van der Waals surface area contributed by atoms with E-state index < -0.39 is 5.97 Å². The zero-order valence-corrected chi connectivity index (χ0v) is 12.8. The Morgan fingerprint density at radius 1 is 1.50 bits per heavy atom. The molecular formula is C15H22N4O3. The van der Waals surface area contributed by atoms with E-state index in [9.17, 15) is 14.7 Å². The number of amides is 1. The van der Waals surface area contributed by atoms with Crippen molar-refractivity contribution in [1.82, 2.24) is 20.0 Å². The molecule has 2 N–H and O–H groups in total. The minimum atomic E-state index is -0.960. The van der Waals surface area contributed by atoms with Crippen molar-refractivity contribution in [3.63, 3.8) is 0 Å². The Hall–Kier alpha value is -1.89. The van der Waals surface area contributed by atoms with Gasteiger partial charge in [0.1, 0.15) is 0 Å². The summed E-state index contributed by atoms with van der Waals surface area (Å²) in [5.41, 5.74) is 2.09. The third kappa shape index (κ3) is 2.72. The number of aromatic carboxylic acids is 1. The number of hydrogen-bond acceptors (Lipinski definition) is 4. The van der Waals surface area contributed by atoms with Gasteiger partial charge in [-0.15, -0.1) is 0 Å². The Morgan fingerprint density at radius 2 is 2.32 bits per heavy atom. The van der Waals surface area contributed by atoms with Crippen LogP contribution in [0.15, 0.2) is 0 Å². The van der Waals surface area contributed by atoms with Crippen LogP contribution >= 0.6 is 0 Å². The number of carboxylic acid groups (broad SMARTS) is 1. The van der Waals surface area contributed by atoms with E-state index in [-0.39, 0.29) is 17.6 Å². The van der Waals surface area contributed by atoms with Crippen molar-refractivity contribution in [3.8, 4) is 0 Å². The molecule has 0 spiro atoms. The zero-order valence-electron chi connectivity index (χ0n) is 12.8. The first-order valence-electron chi connectivity index (χ1n) is 7.92. The van der Waals surface area contributed by atoms with Gasteiger partial charge in [0.25, 0.3) is 0 Å². The number of aryl methyl sites for hydroxylation is 1. The van der Waals surface area contributed by atoms with E-state index >= 15 is 0 Å². The summed E-state index contributed by atoms with van der Waals surface area (Å²) in [4.78, 5) is 25.4. The second-order valence-electron chi connectivity index (χ2n) is 5.97. The fraction of sp³-hybridized carbons (Fsp3) is 0.667. The fourth-order valence-electron chi connectivity index (χ4n) is 3.56. The smallest absolute Gasteiger partial charge is 0.356 e. The molecule has 22 heavy (non-hydrogen) atoms. The lowest BCUT2D eigenvalue weighted by Crippen LogP contribution is -2.43. The third-order valence-electron chi connectivity index (χ3n) is 4.63. The van der Waals surface area contributed by atoms with Gasteiger partial charge in [0, 0.05) is 36.9 Å². The molecule has 2 heterocycles. The lowest BCUT2D eigenvalue weighted by atomic mass is 9.90. The number of rotatable bonds is 3. The number of nitrogens with one attached hydrogen (secondary N) is 1. The van der Waals surface area contributed by atoms with Crippen LogP contribution in [0.4, 0.5) is 0 Å². The van der Waals surface area contributed by atoms with Crippen molar-refractivity contribution in [2.45, 2.75) is 45.2 Å². The van der Waals surface area contributed by atoms with E-state index in [0.717, 1.165) is 43.6 Å². The molecule has 1 unspecified atom stereocenters. The molecule has 1 saturated heterocycles. The van der Waals surface area contributed by atoms with E-state index in [1.54, 1.807) is 0 Å². The Bertz CT molecular complexity index is 596. The van der Waals surface area contributed by atoms with E-state index in [4.69, 9.17) is 0 Å². The summed E-state index contributed by atoms with van der Waals surface area (Å²) >= 11 is 0. The van der Waals surface area contributed by atoms with Gasteiger partial charge in [-0.2, -0.15) is 5.10 Å². The summed E-state index contributed by atoms with van der Waals surface area (Å²) in [6, 6.07) is 0.226. The SMILES string of the molecule is CCn1nc(C(=O)O)c2c1CCC(N1CCCNC(=O)C1)C2. The van der Waals surface area contributed by atoms with Crippen LogP contribution in [0.25, 0.3) is 0 Å². The van der Waals surface area contributed by atoms with Gasteiger partial charge >= 0.3 is 5.97 Å². The summed E-state index contributed by atoms with van der Waals surface area (Å²) in [5, 5.41) is 16.5. The molecule has 1 atom stereocenters. The molecule has 3 rings (SSSR count). The highest BCUT2D eigenvalue weighted by Crippen LogP contribution is 2.28. The fourth-order valence-corrected chi connectivity index (χ4v) is 3.56. The minimum absolute atomic E-state index is 0.0611. The normalized spacial score (nSPS) is 22.8. The van der Waals surface area contributed by atoms with Crippen molar-refractivity contribution < 1.29 is 14.7 Å². The van der Waals surface area contributed by atoms with E-state index in [1.807, 2.05) is 11.6 Å². The molecule has 0 aromatic carbocycles. The molecule has 0 saturated carbocycles. The molecule has 1 fully saturated rings. The molecule has 0 bridgehead atoms. The number of hydrogen-bond donors (Lipinski definition) is 2. The lowest BCUT2D eigenvalue weighted by Gasteiger charge is -2.32. The van der Waals surface area contributed by atoms with Gasteiger partial charge in [-0.1, -0.05) is 0 Å². The third-order valence-corrected chi connectivity index (χ3v) is 4.63. The van der Waals surface area contributed by atoms with Gasteiger partial charge in [0.15, 0.2) is 5.69 Å². The molecule has 1 aliphatic carbocycles. The van der Waals surface area contributed by atoms with Gasteiger partial charge in [0.2, 0.25) is 5.91 Å².